The van der Waals surface area contributed by atoms with Crippen molar-refractivity contribution in [1.82, 2.24) is 9.80 Å². The Labute approximate surface area is 130 Å². The zero-order chi connectivity index (χ0) is 13.9. The van der Waals surface area contributed by atoms with Gasteiger partial charge < -0.3 is 5.73 Å². The first-order valence-electron chi connectivity index (χ1n) is 7.71. The van der Waals surface area contributed by atoms with Crippen LogP contribution in [-0.2, 0) is 0 Å². The summed E-state index contributed by atoms with van der Waals surface area (Å²) >= 11 is 7.74. The fourth-order valence-corrected chi connectivity index (χ4v) is 4.79. The van der Waals surface area contributed by atoms with Crippen LogP contribution in [0.25, 0.3) is 0 Å². The Morgan fingerprint density at radius 1 is 1.25 bits per heavy atom. The maximum absolute atomic E-state index is 6.07. The highest BCUT2D eigenvalue weighted by atomic mass is 35.5. The molecule has 0 aliphatic carbocycles. The Kier molecular flexibility index (Phi) is 5.00. The standard InChI is InChI=1S/C15H24ClN3S/c16-15-5-4-14(20-15)13(10-17)19-9-6-12(11-19)18-7-2-1-3-8-18/h4-5,12-13H,1-3,6-11,17H2. The molecule has 3 heterocycles. The molecule has 2 N–H and O–H groups in total. The highest BCUT2D eigenvalue weighted by molar-refractivity contribution is 7.16. The molecule has 0 aromatic carbocycles. The van der Waals surface area contributed by atoms with Crippen LogP contribution < -0.4 is 5.73 Å². The van der Waals surface area contributed by atoms with Gasteiger partial charge in [0.05, 0.1) is 10.4 Å². The van der Waals surface area contributed by atoms with E-state index in [0.717, 1.165) is 16.9 Å². The zero-order valence-corrected chi connectivity index (χ0v) is 13.5. The van der Waals surface area contributed by atoms with Crippen LogP contribution in [0.1, 0.15) is 36.6 Å². The van der Waals surface area contributed by atoms with Crippen molar-refractivity contribution in [2.45, 2.75) is 37.8 Å². The minimum Gasteiger partial charge on any atom is -0.329 e. The highest BCUT2D eigenvalue weighted by Gasteiger charge is 2.32. The molecular formula is C15H24ClN3S. The highest BCUT2D eigenvalue weighted by Crippen LogP contribution is 2.33. The van der Waals surface area contributed by atoms with Crippen molar-refractivity contribution < 1.29 is 0 Å². The molecule has 0 saturated carbocycles. The number of hydrogen-bond acceptors (Lipinski definition) is 4. The van der Waals surface area contributed by atoms with Gasteiger partial charge in [-0.05, 0) is 44.5 Å². The molecule has 2 saturated heterocycles. The molecule has 2 aliphatic rings. The summed E-state index contributed by atoms with van der Waals surface area (Å²) in [4.78, 5) is 6.57. The van der Waals surface area contributed by atoms with E-state index in [-0.39, 0.29) is 0 Å². The molecule has 1 aromatic rings. The monoisotopic (exact) mass is 313 g/mol. The predicted molar refractivity (Wildman–Crippen MR) is 86.5 cm³/mol. The summed E-state index contributed by atoms with van der Waals surface area (Å²) in [5.74, 6) is 0. The largest absolute Gasteiger partial charge is 0.329 e. The number of thiophene rings is 1. The average molecular weight is 314 g/mol. The van der Waals surface area contributed by atoms with Gasteiger partial charge in [-0.2, -0.15) is 0 Å². The third kappa shape index (κ3) is 3.20. The van der Waals surface area contributed by atoms with E-state index in [1.807, 2.05) is 6.07 Å². The second kappa shape index (κ2) is 6.75. The summed E-state index contributed by atoms with van der Waals surface area (Å²) in [6.45, 7) is 5.59. The van der Waals surface area contributed by atoms with Crippen LogP contribution in [0.2, 0.25) is 4.34 Å². The van der Waals surface area contributed by atoms with Gasteiger partial charge in [-0.15, -0.1) is 11.3 Å². The molecule has 0 radical (unpaired) electrons. The maximum atomic E-state index is 6.07. The first-order valence-corrected chi connectivity index (χ1v) is 8.91. The van der Waals surface area contributed by atoms with Crippen LogP contribution >= 0.6 is 22.9 Å². The quantitative estimate of drug-likeness (QED) is 0.927. The molecule has 0 bridgehead atoms. The van der Waals surface area contributed by atoms with E-state index in [1.165, 1.54) is 50.2 Å². The summed E-state index contributed by atoms with van der Waals surface area (Å²) in [5, 5.41) is 0. The van der Waals surface area contributed by atoms with Crippen molar-refractivity contribution in [3.63, 3.8) is 0 Å². The van der Waals surface area contributed by atoms with Crippen LogP contribution in [0.4, 0.5) is 0 Å². The summed E-state index contributed by atoms with van der Waals surface area (Å²) in [5.41, 5.74) is 6.03. The van der Waals surface area contributed by atoms with Crippen molar-refractivity contribution in [2.75, 3.05) is 32.7 Å². The van der Waals surface area contributed by atoms with Crippen molar-refractivity contribution in [1.29, 1.82) is 0 Å². The number of halogens is 1. The first kappa shape index (κ1) is 14.8. The van der Waals surface area contributed by atoms with E-state index in [9.17, 15) is 0 Å². The van der Waals surface area contributed by atoms with Crippen molar-refractivity contribution in [3.05, 3.63) is 21.3 Å². The van der Waals surface area contributed by atoms with Crippen molar-refractivity contribution in [3.8, 4) is 0 Å². The lowest BCUT2D eigenvalue weighted by Crippen LogP contribution is -2.41. The van der Waals surface area contributed by atoms with E-state index >= 15 is 0 Å². The van der Waals surface area contributed by atoms with Gasteiger partial charge in [-0.3, -0.25) is 9.80 Å². The third-order valence-electron chi connectivity index (χ3n) is 4.69. The van der Waals surface area contributed by atoms with Crippen molar-refractivity contribution in [2.24, 2.45) is 5.73 Å². The fourth-order valence-electron chi connectivity index (χ4n) is 3.59. The van der Waals surface area contributed by atoms with E-state index in [1.54, 1.807) is 11.3 Å². The topological polar surface area (TPSA) is 32.5 Å². The van der Waals surface area contributed by atoms with Gasteiger partial charge in [0.2, 0.25) is 0 Å². The lowest BCUT2D eigenvalue weighted by molar-refractivity contribution is 0.153. The molecule has 20 heavy (non-hydrogen) atoms. The fraction of sp³-hybridized carbons (Fsp3) is 0.733. The summed E-state index contributed by atoms with van der Waals surface area (Å²) < 4.78 is 0.866. The molecule has 3 rings (SSSR count). The molecule has 1 aromatic heterocycles. The smallest absolute Gasteiger partial charge is 0.0931 e. The van der Waals surface area contributed by atoms with Crippen LogP contribution in [0.15, 0.2) is 12.1 Å². The Bertz CT molecular complexity index is 431. The lowest BCUT2D eigenvalue weighted by Gasteiger charge is -2.33. The van der Waals surface area contributed by atoms with Crippen LogP contribution in [0, 0.1) is 0 Å². The van der Waals surface area contributed by atoms with Crippen LogP contribution in [0.3, 0.4) is 0 Å². The van der Waals surface area contributed by atoms with E-state index in [2.05, 4.69) is 15.9 Å². The normalized spacial score (nSPS) is 27.0. The molecule has 3 nitrogen and oxygen atoms in total. The van der Waals surface area contributed by atoms with E-state index < -0.39 is 0 Å². The number of nitrogens with zero attached hydrogens (tertiary/aromatic N) is 2. The maximum Gasteiger partial charge on any atom is 0.0931 e. The second-order valence-electron chi connectivity index (χ2n) is 5.93. The van der Waals surface area contributed by atoms with Gasteiger partial charge in [0.1, 0.15) is 0 Å². The Hall–Kier alpha value is -0.130. The van der Waals surface area contributed by atoms with Gasteiger partial charge in [0.25, 0.3) is 0 Å². The molecular weight excluding hydrogens is 290 g/mol. The van der Waals surface area contributed by atoms with E-state index in [4.69, 9.17) is 17.3 Å². The number of piperidine rings is 1. The minimum absolute atomic E-state index is 0.349. The molecule has 5 heteroatoms. The molecule has 2 atom stereocenters. The Balaban J connectivity index is 1.62. The predicted octanol–water partition coefficient (Wildman–Crippen LogP) is 2.96. The Morgan fingerprint density at radius 2 is 2.05 bits per heavy atom. The molecule has 112 valence electrons. The Morgan fingerprint density at radius 3 is 2.70 bits per heavy atom. The SMILES string of the molecule is NCC(c1ccc(Cl)s1)N1CCC(N2CCCCC2)C1. The minimum atomic E-state index is 0.349. The molecule has 2 aliphatic heterocycles. The number of hydrogen-bond donors (Lipinski definition) is 1. The van der Waals surface area contributed by atoms with Gasteiger partial charge in [0.15, 0.2) is 0 Å². The van der Waals surface area contributed by atoms with Gasteiger partial charge >= 0.3 is 0 Å². The molecule has 2 unspecified atom stereocenters. The van der Waals surface area contributed by atoms with Crippen LogP contribution in [-0.4, -0.2) is 48.6 Å². The van der Waals surface area contributed by atoms with Gasteiger partial charge in [-0.25, -0.2) is 0 Å². The van der Waals surface area contributed by atoms with Crippen molar-refractivity contribution >= 4 is 22.9 Å². The second-order valence-corrected chi connectivity index (χ2v) is 7.67. The van der Waals surface area contributed by atoms with Gasteiger partial charge in [-0.1, -0.05) is 18.0 Å². The summed E-state index contributed by atoms with van der Waals surface area (Å²) in [6.07, 6.45) is 5.44. The first-order chi connectivity index (χ1) is 9.78. The summed E-state index contributed by atoms with van der Waals surface area (Å²) in [7, 11) is 0. The molecule has 0 spiro atoms. The third-order valence-corrected chi connectivity index (χ3v) is 6.02. The number of likely N-dealkylation sites (tertiary alicyclic amines) is 2. The van der Waals surface area contributed by atoms with Crippen LogP contribution in [0.5, 0.6) is 0 Å². The zero-order valence-electron chi connectivity index (χ0n) is 11.9. The number of rotatable bonds is 4. The molecule has 0 amide bonds. The summed E-state index contributed by atoms with van der Waals surface area (Å²) in [6, 6.07) is 5.21. The van der Waals surface area contributed by atoms with Gasteiger partial charge in [0, 0.05) is 30.6 Å². The lowest BCUT2D eigenvalue weighted by atomic mass is 10.1. The molecule has 2 fully saturated rings. The number of nitrogens with two attached hydrogens (primary N) is 1. The average Bonchev–Trinajstić information content (AvgIpc) is 3.11. The van der Waals surface area contributed by atoms with E-state index in [0.29, 0.717) is 12.6 Å².